The van der Waals surface area contributed by atoms with Crippen molar-refractivity contribution in [3.8, 4) is 0 Å². The molecule has 0 bridgehead atoms. The van der Waals surface area contributed by atoms with Crippen molar-refractivity contribution in [3.05, 3.63) is 47.9 Å². The molecule has 2 aromatic heterocycles. The molecule has 39 heavy (non-hydrogen) atoms. The lowest BCUT2D eigenvalue weighted by Crippen LogP contribution is -2.43. The number of nitrogens with two attached hydrogens (primary N) is 2. The van der Waals surface area contributed by atoms with E-state index in [4.69, 9.17) is 16.5 Å². The number of aliphatic imine (C=N–C) groups is 1. The Kier molecular flexibility index (Phi) is 9.37. The van der Waals surface area contributed by atoms with Crippen LogP contribution in [0.25, 0.3) is 16.7 Å². The summed E-state index contributed by atoms with van der Waals surface area (Å²) in [5, 5.41) is 9.83. The Morgan fingerprint density at radius 3 is 2.77 bits per heavy atom. The van der Waals surface area contributed by atoms with Crippen LogP contribution in [0, 0.1) is 0 Å². The first-order chi connectivity index (χ1) is 18.9. The zero-order valence-corrected chi connectivity index (χ0v) is 23.0. The van der Waals surface area contributed by atoms with Crippen LogP contribution in [-0.2, 0) is 0 Å². The third-order valence-electron chi connectivity index (χ3n) is 6.98. The first-order valence-corrected chi connectivity index (χ1v) is 13.6. The second kappa shape index (κ2) is 13.1. The Morgan fingerprint density at radius 2 is 2.05 bits per heavy atom. The highest BCUT2D eigenvalue weighted by molar-refractivity contribution is 6.10. The number of rotatable bonds is 11. The standard InChI is InChI=1S/C28H40N10O/c1-4-32-22-7-6-19(20(15-29)17-34-21-8-11-31-12-9-21)14-24(22)38(5-2)18(3)16-35-28(39)25-26(30)37-27-23(36-25)10-13-33-27/h6-7,10,13-15,17-18,21,31-32H,4-5,8-9,11-12,16,29H2,1-3H3,(H,35,39)(H3,30,33,37). The van der Waals surface area contributed by atoms with Crippen LogP contribution in [0.1, 0.15) is 49.7 Å². The van der Waals surface area contributed by atoms with Crippen LogP contribution in [0.5, 0.6) is 0 Å². The summed E-state index contributed by atoms with van der Waals surface area (Å²) in [4.78, 5) is 31.6. The smallest absolute Gasteiger partial charge is 0.273 e. The molecule has 1 amide bonds. The maximum atomic E-state index is 13.0. The van der Waals surface area contributed by atoms with Crippen molar-refractivity contribution in [1.82, 2.24) is 25.6 Å². The number of piperidine rings is 1. The largest absolute Gasteiger partial charge is 0.404 e. The van der Waals surface area contributed by atoms with E-state index >= 15 is 0 Å². The molecule has 11 heteroatoms. The molecule has 1 unspecified atom stereocenters. The molecule has 1 aromatic carbocycles. The molecule has 1 saturated heterocycles. The van der Waals surface area contributed by atoms with Crippen LogP contribution in [0.4, 0.5) is 17.2 Å². The highest BCUT2D eigenvalue weighted by Crippen LogP contribution is 2.31. The van der Waals surface area contributed by atoms with Gasteiger partial charge in [0.1, 0.15) is 5.52 Å². The van der Waals surface area contributed by atoms with Gasteiger partial charge in [0.2, 0.25) is 0 Å². The van der Waals surface area contributed by atoms with Gasteiger partial charge in [-0.2, -0.15) is 0 Å². The van der Waals surface area contributed by atoms with Gasteiger partial charge in [-0.25, -0.2) is 9.97 Å². The van der Waals surface area contributed by atoms with Crippen LogP contribution >= 0.6 is 0 Å². The van der Waals surface area contributed by atoms with E-state index in [0.717, 1.165) is 61.5 Å². The lowest BCUT2D eigenvalue weighted by molar-refractivity contribution is 0.0947. The number of amides is 1. The number of carbonyl (C=O) groups is 1. The maximum absolute atomic E-state index is 13.0. The Hall–Kier alpha value is -4.12. The predicted molar refractivity (Wildman–Crippen MR) is 160 cm³/mol. The van der Waals surface area contributed by atoms with Gasteiger partial charge in [-0.15, -0.1) is 0 Å². The number of benzene rings is 1. The van der Waals surface area contributed by atoms with Gasteiger partial charge >= 0.3 is 0 Å². The molecule has 1 aliphatic heterocycles. The number of hydrogen-bond acceptors (Lipinski definition) is 9. The number of carbonyl (C=O) groups excluding carboxylic acids is 1. The zero-order chi connectivity index (χ0) is 27.8. The van der Waals surface area contributed by atoms with E-state index in [1.807, 2.05) is 6.21 Å². The summed E-state index contributed by atoms with van der Waals surface area (Å²) in [6, 6.07) is 8.33. The molecular formula is C28H40N10O. The fraction of sp³-hybridized carbons (Fsp3) is 0.429. The van der Waals surface area contributed by atoms with Crippen molar-refractivity contribution in [2.45, 2.75) is 45.7 Å². The summed E-state index contributed by atoms with van der Waals surface area (Å²) >= 11 is 0. The van der Waals surface area contributed by atoms with Crippen molar-refractivity contribution in [2.24, 2.45) is 10.7 Å². The number of allylic oxidation sites excluding steroid dienone is 1. The van der Waals surface area contributed by atoms with E-state index < -0.39 is 0 Å². The van der Waals surface area contributed by atoms with Gasteiger partial charge < -0.3 is 37.3 Å². The average molecular weight is 533 g/mol. The summed E-state index contributed by atoms with van der Waals surface area (Å²) in [5.41, 5.74) is 17.2. The van der Waals surface area contributed by atoms with E-state index in [0.29, 0.717) is 23.8 Å². The molecule has 0 spiro atoms. The van der Waals surface area contributed by atoms with Gasteiger partial charge in [0.15, 0.2) is 17.2 Å². The van der Waals surface area contributed by atoms with E-state index in [1.54, 1.807) is 18.5 Å². The fourth-order valence-electron chi connectivity index (χ4n) is 4.85. The number of H-pyrrole nitrogens is 1. The van der Waals surface area contributed by atoms with Crippen LogP contribution < -0.4 is 32.3 Å². The number of nitrogens with zero attached hydrogens (tertiary/aromatic N) is 4. The molecule has 208 valence electrons. The third kappa shape index (κ3) is 6.66. The summed E-state index contributed by atoms with van der Waals surface area (Å²) in [6.07, 6.45) is 7.29. The summed E-state index contributed by atoms with van der Waals surface area (Å²) in [7, 11) is 0. The van der Waals surface area contributed by atoms with Gasteiger partial charge in [-0.1, -0.05) is 6.07 Å². The molecular weight excluding hydrogens is 492 g/mol. The van der Waals surface area contributed by atoms with E-state index in [2.05, 4.69) is 74.8 Å². The van der Waals surface area contributed by atoms with Gasteiger partial charge in [0, 0.05) is 49.9 Å². The van der Waals surface area contributed by atoms with Crippen molar-refractivity contribution in [3.63, 3.8) is 0 Å². The van der Waals surface area contributed by atoms with Crippen molar-refractivity contribution >= 4 is 46.1 Å². The SMILES string of the molecule is CCNc1ccc(C(C=NC2CCNCC2)=CN)cc1N(CC)C(C)CNC(=O)c1nc2cc[nH]c2nc1N. The lowest BCUT2D eigenvalue weighted by Gasteiger charge is -2.32. The number of nitrogen functional groups attached to an aromatic ring is 1. The van der Waals surface area contributed by atoms with Crippen molar-refractivity contribution in [2.75, 3.05) is 48.7 Å². The molecule has 0 saturated carbocycles. The first kappa shape index (κ1) is 27.9. The van der Waals surface area contributed by atoms with Crippen molar-refractivity contribution in [1.29, 1.82) is 0 Å². The number of aromatic nitrogens is 3. The average Bonchev–Trinajstić information content (AvgIpc) is 3.41. The second-order valence-electron chi connectivity index (χ2n) is 9.66. The van der Waals surface area contributed by atoms with Crippen LogP contribution in [0.15, 0.2) is 41.7 Å². The third-order valence-corrected chi connectivity index (χ3v) is 6.98. The molecule has 3 heterocycles. The highest BCUT2D eigenvalue weighted by atomic mass is 16.1. The Morgan fingerprint density at radius 1 is 1.26 bits per heavy atom. The number of anilines is 3. The zero-order valence-electron chi connectivity index (χ0n) is 23.0. The van der Waals surface area contributed by atoms with Crippen LogP contribution in [-0.4, -0.2) is 71.9 Å². The first-order valence-electron chi connectivity index (χ1n) is 13.6. The Labute approximate surface area is 229 Å². The van der Waals surface area contributed by atoms with E-state index in [1.165, 1.54) is 0 Å². The summed E-state index contributed by atoms with van der Waals surface area (Å²) in [6.45, 7) is 10.1. The molecule has 1 fully saturated rings. The number of fused-ring (bicyclic) bond motifs is 1. The number of hydrogen-bond donors (Lipinski definition) is 6. The monoisotopic (exact) mass is 532 g/mol. The normalized spacial score (nSPS) is 15.5. The minimum absolute atomic E-state index is 0.0227. The molecule has 1 atom stereocenters. The molecule has 0 radical (unpaired) electrons. The fourth-order valence-corrected chi connectivity index (χ4v) is 4.85. The van der Waals surface area contributed by atoms with Crippen molar-refractivity contribution < 1.29 is 4.79 Å². The number of nitrogens with one attached hydrogen (secondary N) is 4. The summed E-state index contributed by atoms with van der Waals surface area (Å²) < 4.78 is 0. The number of likely N-dealkylation sites (N-methyl/N-ethyl adjacent to an activating group) is 1. The van der Waals surface area contributed by atoms with Crippen LogP contribution in [0.3, 0.4) is 0 Å². The molecule has 4 rings (SSSR count). The maximum Gasteiger partial charge on any atom is 0.273 e. The molecule has 11 nitrogen and oxygen atoms in total. The molecule has 8 N–H and O–H groups in total. The summed E-state index contributed by atoms with van der Waals surface area (Å²) in [5.74, 6) is -0.258. The van der Waals surface area contributed by atoms with E-state index in [9.17, 15) is 4.79 Å². The molecule has 3 aromatic rings. The topological polar surface area (TPSA) is 162 Å². The minimum Gasteiger partial charge on any atom is -0.404 e. The minimum atomic E-state index is -0.353. The lowest BCUT2D eigenvalue weighted by atomic mass is 10.0. The molecule has 1 aliphatic rings. The van der Waals surface area contributed by atoms with E-state index in [-0.39, 0.29) is 23.5 Å². The Balaban J connectivity index is 1.52. The Bertz CT molecular complexity index is 1330. The van der Waals surface area contributed by atoms with Gasteiger partial charge in [-0.05, 0) is 70.5 Å². The van der Waals surface area contributed by atoms with Gasteiger partial charge in [-0.3, -0.25) is 9.79 Å². The molecule has 0 aliphatic carbocycles. The van der Waals surface area contributed by atoms with Crippen LogP contribution in [0.2, 0.25) is 0 Å². The van der Waals surface area contributed by atoms with Gasteiger partial charge in [0.25, 0.3) is 5.91 Å². The highest BCUT2D eigenvalue weighted by Gasteiger charge is 2.21. The predicted octanol–water partition coefficient (Wildman–Crippen LogP) is 2.74. The van der Waals surface area contributed by atoms with Gasteiger partial charge in [0.05, 0.1) is 17.4 Å². The quantitative estimate of drug-likeness (QED) is 0.205. The number of aromatic amines is 1. The second-order valence-corrected chi connectivity index (χ2v) is 9.66.